The van der Waals surface area contributed by atoms with Crippen molar-refractivity contribution in [2.24, 2.45) is 0 Å². The molecule has 2 heterocycles. The average molecular weight is 469 g/mol. The molecule has 0 atom stereocenters. The number of aromatic nitrogens is 4. The van der Waals surface area contributed by atoms with Gasteiger partial charge in [0.15, 0.2) is 11.0 Å². The molecule has 0 fully saturated rings. The number of benzene rings is 3. The van der Waals surface area contributed by atoms with E-state index in [1.165, 1.54) is 5.56 Å². The predicted molar refractivity (Wildman–Crippen MR) is 136 cm³/mol. The lowest BCUT2D eigenvalue weighted by Gasteiger charge is -2.12. The Morgan fingerprint density at radius 2 is 1.71 bits per heavy atom. The van der Waals surface area contributed by atoms with Crippen molar-refractivity contribution in [2.45, 2.75) is 30.9 Å². The number of ether oxygens (including phenoxy) is 1. The number of para-hydroxylation sites is 2. The van der Waals surface area contributed by atoms with E-state index in [2.05, 4.69) is 34.2 Å². The maximum atomic E-state index is 12.2. The van der Waals surface area contributed by atoms with Crippen molar-refractivity contribution in [1.29, 1.82) is 0 Å². The molecule has 2 aromatic heterocycles. The van der Waals surface area contributed by atoms with Crippen molar-refractivity contribution in [3.05, 3.63) is 112 Å². The number of nitrogens with zero attached hydrogens (tertiary/aromatic N) is 3. The van der Waals surface area contributed by atoms with Gasteiger partial charge >= 0.3 is 0 Å². The topological polar surface area (TPSA) is 72.8 Å². The van der Waals surface area contributed by atoms with Gasteiger partial charge in [0.2, 0.25) is 5.56 Å². The molecule has 5 rings (SSSR count). The summed E-state index contributed by atoms with van der Waals surface area (Å²) in [5.74, 6) is 2.10. The molecule has 0 aliphatic heterocycles. The highest BCUT2D eigenvalue weighted by Gasteiger charge is 2.16. The number of nitrogens with one attached hydrogen (secondary N) is 1. The Balaban J connectivity index is 1.42. The summed E-state index contributed by atoms with van der Waals surface area (Å²) in [6, 6.07) is 27.6. The van der Waals surface area contributed by atoms with Gasteiger partial charge in [-0.15, -0.1) is 10.2 Å². The molecular formula is C27H24N4O2S. The van der Waals surface area contributed by atoms with Gasteiger partial charge in [-0.2, -0.15) is 0 Å². The smallest absolute Gasteiger partial charge is 0.248 e. The second-order valence-corrected chi connectivity index (χ2v) is 8.79. The van der Waals surface area contributed by atoms with E-state index in [0.29, 0.717) is 18.2 Å². The lowest BCUT2D eigenvalue weighted by Crippen LogP contribution is -2.07. The van der Waals surface area contributed by atoms with Crippen LogP contribution in [0.5, 0.6) is 5.75 Å². The molecular weight excluding hydrogens is 444 g/mol. The minimum atomic E-state index is -0.109. The van der Waals surface area contributed by atoms with E-state index in [1.807, 2.05) is 71.3 Å². The van der Waals surface area contributed by atoms with E-state index in [1.54, 1.807) is 17.8 Å². The second kappa shape index (κ2) is 9.97. The Hall–Kier alpha value is -3.84. The molecule has 0 aliphatic carbocycles. The third-order valence-electron chi connectivity index (χ3n) is 5.61. The van der Waals surface area contributed by atoms with Gasteiger partial charge in [-0.3, -0.25) is 9.36 Å². The van der Waals surface area contributed by atoms with Crippen LogP contribution in [0.25, 0.3) is 16.6 Å². The van der Waals surface area contributed by atoms with Crippen LogP contribution >= 0.6 is 11.8 Å². The highest BCUT2D eigenvalue weighted by Crippen LogP contribution is 2.28. The first-order chi connectivity index (χ1) is 16.7. The maximum Gasteiger partial charge on any atom is 0.248 e. The minimum Gasteiger partial charge on any atom is -0.486 e. The zero-order valence-electron chi connectivity index (χ0n) is 18.8. The number of hydrogen-bond acceptors (Lipinski definition) is 5. The number of aryl methyl sites for hydroxylation is 1. The SMILES string of the molecule is CCc1ccc(OCc2nnc(SCc3cc(=O)[nH]c4ccccc34)n2-c2ccccc2)cc1. The molecule has 0 saturated heterocycles. The molecule has 7 heteroatoms. The monoisotopic (exact) mass is 468 g/mol. The van der Waals surface area contributed by atoms with E-state index in [-0.39, 0.29) is 5.56 Å². The lowest BCUT2D eigenvalue weighted by molar-refractivity contribution is 0.292. The van der Waals surface area contributed by atoms with Crippen molar-refractivity contribution < 1.29 is 4.74 Å². The van der Waals surface area contributed by atoms with Gasteiger partial charge in [0.1, 0.15) is 12.4 Å². The zero-order valence-corrected chi connectivity index (χ0v) is 19.6. The average Bonchev–Trinajstić information content (AvgIpc) is 3.29. The molecule has 0 saturated carbocycles. The Kier molecular flexibility index (Phi) is 6.44. The summed E-state index contributed by atoms with van der Waals surface area (Å²) in [6.45, 7) is 2.42. The minimum absolute atomic E-state index is 0.109. The van der Waals surface area contributed by atoms with E-state index in [0.717, 1.165) is 39.5 Å². The summed E-state index contributed by atoms with van der Waals surface area (Å²) < 4.78 is 8.04. The highest BCUT2D eigenvalue weighted by molar-refractivity contribution is 7.98. The van der Waals surface area contributed by atoms with E-state index in [9.17, 15) is 4.79 Å². The van der Waals surface area contributed by atoms with Gasteiger partial charge in [-0.1, -0.05) is 67.2 Å². The molecule has 34 heavy (non-hydrogen) atoms. The Morgan fingerprint density at radius 1 is 0.941 bits per heavy atom. The van der Waals surface area contributed by atoms with E-state index < -0.39 is 0 Å². The Morgan fingerprint density at radius 3 is 2.50 bits per heavy atom. The fraction of sp³-hybridized carbons (Fsp3) is 0.148. The normalized spacial score (nSPS) is 11.1. The number of thioether (sulfide) groups is 1. The fourth-order valence-electron chi connectivity index (χ4n) is 3.83. The first-order valence-electron chi connectivity index (χ1n) is 11.2. The quantitative estimate of drug-likeness (QED) is 0.303. The van der Waals surface area contributed by atoms with Gasteiger partial charge in [-0.05, 0) is 47.9 Å². The van der Waals surface area contributed by atoms with Gasteiger partial charge in [0.05, 0.1) is 0 Å². The number of rotatable bonds is 8. The molecule has 6 nitrogen and oxygen atoms in total. The van der Waals surface area contributed by atoms with Crippen LogP contribution in [0, 0.1) is 0 Å². The number of H-pyrrole nitrogens is 1. The van der Waals surface area contributed by atoms with Crippen LogP contribution in [-0.4, -0.2) is 19.7 Å². The summed E-state index contributed by atoms with van der Waals surface area (Å²) in [5, 5.41) is 10.7. The van der Waals surface area contributed by atoms with Gasteiger partial charge in [0.25, 0.3) is 0 Å². The van der Waals surface area contributed by atoms with Crippen molar-refractivity contribution >= 4 is 22.7 Å². The molecule has 170 valence electrons. The molecule has 1 N–H and O–H groups in total. The first-order valence-corrected chi connectivity index (χ1v) is 12.1. The van der Waals surface area contributed by atoms with Crippen molar-refractivity contribution in [2.75, 3.05) is 0 Å². The number of hydrogen-bond donors (Lipinski definition) is 1. The predicted octanol–water partition coefficient (Wildman–Crippen LogP) is 5.54. The summed E-state index contributed by atoms with van der Waals surface area (Å²) in [4.78, 5) is 15.0. The molecule has 0 bridgehead atoms. The van der Waals surface area contributed by atoms with Crippen LogP contribution in [0.15, 0.2) is 94.9 Å². The molecule has 0 unspecified atom stereocenters. The van der Waals surface area contributed by atoms with Crippen LogP contribution < -0.4 is 10.3 Å². The van der Waals surface area contributed by atoms with Crippen molar-refractivity contribution in [3.63, 3.8) is 0 Å². The molecule has 0 radical (unpaired) electrons. The second-order valence-electron chi connectivity index (χ2n) is 7.85. The van der Waals surface area contributed by atoms with Crippen LogP contribution in [0.2, 0.25) is 0 Å². The number of fused-ring (bicyclic) bond motifs is 1. The van der Waals surface area contributed by atoms with Gasteiger partial charge < -0.3 is 9.72 Å². The summed E-state index contributed by atoms with van der Waals surface area (Å²) in [5.41, 5.74) is 3.91. The first kappa shape index (κ1) is 22.0. The van der Waals surface area contributed by atoms with Crippen LogP contribution in [0.1, 0.15) is 23.9 Å². The summed E-state index contributed by atoms with van der Waals surface area (Å²) >= 11 is 1.55. The lowest BCUT2D eigenvalue weighted by atomic mass is 10.1. The molecule has 5 aromatic rings. The summed E-state index contributed by atoms with van der Waals surface area (Å²) in [6.07, 6.45) is 0.992. The van der Waals surface area contributed by atoms with Gasteiger partial charge in [0, 0.05) is 28.4 Å². The van der Waals surface area contributed by atoms with Gasteiger partial charge in [-0.25, -0.2) is 0 Å². The third kappa shape index (κ3) is 4.75. The zero-order chi connectivity index (χ0) is 23.3. The highest BCUT2D eigenvalue weighted by atomic mass is 32.2. The Bertz CT molecular complexity index is 1460. The van der Waals surface area contributed by atoms with Crippen molar-refractivity contribution in [3.8, 4) is 11.4 Å². The van der Waals surface area contributed by atoms with E-state index in [4.69, 9.17) is 4.74 Å². The van der Waals surface area contributed by atoms with Crippen molar-refractivity contribution in [1.82, 2.24) is 19.7 Å². The molecule has 0 amide bonds. The maximum absolute atomic E-state index is 12.2. The number of aromatic amines is 1. The Labute approximate surface area is 201 Å². The van der Waals surface area contributed by atoms with Crippen LogP contribution in [-0.2, 0) is 18.8 Å². The molecule has 0 aliphatic rings. The number of pyridine rings is 1. The van der Waals surface area contributed by atoms with Crippen LogP contribution in [0.3, 0.4) is 0 Å². The van der Waals surface area contributed by atoms with Crippen LogP contribution in [0.4, 0.5) is 0 Å². The molecule has 3 aromatic carbocycles. The largest absolute Gasteiger partial charge is 0.486 e. The summed E-state index contributed by atoms with van der Waals surface area (Å²) in [7, 11) is 0. The third-order valence-corrected chi connectivity index (χ3v) is 6.59. The fourth-order valence-corrected chi connectivity index (χ4v) is 4.79. The molecule has 0 spiro atoms. The standard InChI is InChI=1S/C27H24N4O2S/c1-2-19-12-14-22(15-13-19)33-17-25-29-30-27(31(25)21-8-4-3-5-9-21)34-18-20-16-26(32)28-24-11-7-6-10-23(20)24/h3-16H,2,17-18H2,1H3,(H,28,32). The van der Waals surface area contributed by atoms with E-state index >= 15 is 0 Å².